The molecule has 0 aromatic carbocycles. The third-order valence-corrected chi connectivity index (χ3v) is 5.07. The maximum Gasteiger partial charge on any atom is 0.397 e. The number of alkyl halides is 3. The van der Waals surface area contributed by atoms with Gasteiger partial charge in [0.05, 0.1) is 6.20 Å². The zero-order chi connectivity index (χ0) is 19.9. The van der Waals surface area contributed by atoms with Crippen LogP contribution >= 0.6 is 0 Å². The Morgan fingerprint density at radius 1 is 1.32 bits per heavy atom. The number of hydrogen-bond acceptors (Lipinski definition) is 5. The highest BCUT2D eigenvalue weighted by atomic mass is 19.4. The SMILES string of the molecule is CC1CCC(NC(=O)CC(F)(F)F)CN1c1[nH]ncc2cnc3nccc3c12. The van der Waals surface area contributed by atoms with E-state index in [-0.39, 0.29) is 12.1 Å². The fraction of sp³-hybridized carbons (Fsp3) is 0.444. The average Bonchev–Trinajstić information content (AvgIpc) is 3.10. The van der Waals surface area contributed by atoms with Crippen LogP contribution in [0.15, 0.2) is 24.7 Å². The van der Waals surface area contributed by atoms with Crippen LogP contribution in [0.1, 0.15) is 26.2 Å². The van der Waals surface area contributed by atoms with Crippen LogP contribution in [0.4, 0.5) is 19.0 Å². The molecule has 1 amide bonds. The van der Waals surface area contributed by atoms with Gasteiger partial charge in [0.2, 0.25) is 5.91 Å². The molecule has 3 aromatic rings. The molecule has 1 fully saturated rings. The third kappa shape index (κ3) is 3.58. The second-order valence-corrected chi connectivity index (χ2v) is 7.12. The summed E-state index contributed by atoms with van der Waals surface area (Å²) in [5.74, 6) is -0.251. The molecule has 0 bridgehead atoms. The first-order chi connectivity index (χ1) is 13.3. The van der Waals surface area contributed by atoms with Crippen molar-refractivity contribution < 1.29 is 18.0 Å². The first-order valence-corrected chi connectivity index (χ1v) is 9.01. The van der Waals surface area contributed by atoms with E-state index in [1.54, 1.807) is 18.6 Å². The van der Waals surface area contributed by atoms with Crippen LogP contribution in [0.2, 0.25) is 0 Å². The Labute approximate surface area is 158 Å². The van der Waals surface area contributed by atoms with E-state index in [1.807, 2.05) is 17.9 Å². The van der Waals surface area contributed by atoms with E-state index in [4.69, 9.17) is 0 Å². The summed E-state index contributed by atoms with van der Waals surface area (Å²) < 4.78 is 37.4. The number of aromatic amines is 1. The van der Waals surface area contributed by atoms with Gasteiger partial charge in [-0.3, -0.25) is 9.89 Å². The molecule has 0 radical (unpaired) electrons. The molecule has 7 nitrogen and oxygen atoms in total. The highest BCUT2D eigenvalue weighted by molar-refractivity contribution is 6.10. The number of carbonyl (C=O) groups is 1. The molecule has 0 saturated carbocycles. The molecular formula is C18H19F3N6O. The second kappa shape index (κ2) is 6.92. The molecule has 1 saturated heterocycles. The monoisotopic (exact) mass is 392 g/mol. The molecule has 4 heterocycles. The van der Waals surface area contributed by atoms with Crippen molar-refractivity contribution in [2.24, 2.45) is 0 Å². The van der Waals surface area contributed by atoms with Gasteiger partial charge in [0, 0.05) is 47.2 Å². The Balaban J connectivity index is 1.64. The molecule has 2 atom stereocenters. The number of halogens is 3. The maximum absolute atomic E-state index is 12.5. The van der Waals surface area contributed by atoms with E-state index < -0.39 is 18.5 Å². The lowest BCUT2D eigenvalue weighted by atomic mass is 9.98. The number of amides is 1. The van der Waals surface area contributed by atoms with Crippen molar-refractivity contribution in [2.45, 2.75) is 44.4 Å². The molecule has 28 heavy (non-hydrogen) atoms. The lowest BCUT2D eigenvalue weighted by molar-refractivity contribution is -0.154. The number of H-pyrrole nitrogens is 1. The number of piperidine rings is 1. The Bertz CT molecular complexity index is 1020. The van der Waals surface area contributed by atoms with Crippen LogP contribution in [-0.4, -0.2) is 50.9 Å². The van der Waals surface area contributed by atoms with Gasteiger partial charge >= 0.3 is 6.18 Å². The average molecular weight is 392 g/mol. The van der Waals surface area contributed by atoms with Crippen molar-refractivity contribution in [2.75, 3.05) is 11.4 Å². The number of carbonyl (C=O) groups excluding carboxylic acids is 1. The van der Waals surface area contributed by atoms with Crippen LogP contribution in [0.3, 0.4) is 0 Å². The lowest BCUT2D eigenvalue weighted by Gasteiger charge is -2.39. The van der Waals surface area contributed by atoms with E-state index >= 15 is 0 Å². The summed E-state index contributed by atoms with van der Waals surface area (Å²) in [6.07, 6.45) is 0.431. The van der Waals surface area contributed by atoms with Crippen molar-refractivity contribution in [1.29, 1.82) is 0 Å². The normalized spacial score (nSPS) is 20.6. The summed E-state index contributed by atoms with van der Waals surface area (Å²) in [5.41, 5.74) is 0.619. The van der Waals surface area contributed by atoms with Crippen molar-refractivity contribution in [1.82, 2.24) is 25.5 Å². The van der Waals surface area contributed by atoms with Gasteiger partial charge in [-0.15, -0.1) is 0 Å². The van der Waals surface area contributed by atoms with Crippen LogP contribution in [0, 0.1) is 0 Å². The molecule has 4 rings (SSSR count). The van der Waals surface area contributed by atoms with Crippen LogP contribution in [0.25, 0.3) is 21.8 Å². The number of hydrogen-bond donors (Lipinski definition) is 2. The number of pyridine rings is 1. The van der Waals surface area contributed by atoms with E-state index in [9.17, 15) is 18.0 Å². The quantitative estimate of drug-likeness (QED) is 0.716. The molecule has 0 spiro atoms. The summed E-state index contributed by atoms with van der Waals surface area (Å²) in [6, 6.07) is 1.63. The zero-order valence-corrected chi connectivity index (χ0v) is 15.1. The fourth-order valence-corrected chi connectivity index (χ4v) is 3.76. The number of aromatic nitrogens is 4. The Kier molecular flexibility index (Phi) is 4.56. The van der Waals surface area contributed by atoms with E-state index in [0.717, 1.165) is 28.4 Å². The molecule has 1 aliphatic rings. The standard InChI is InChI=1S/C18H19F3N6O/c1-10-2-3-12(25-14(28)6-18(19,20)21)9-27(10)17-15-11(8-24-26-17)7-23-16-13(15)4-5-22-16/h4-5,7-8,10,12,26H,2-3,6,9H2,1H3,(H,25,28). The smallest absolute Gasteiger partial charge is 0.352 e. The number of anilines is 1. The summed E-state index contributed by atoms with van der Waals surface area (Å²) in [5, 5.41) is 12.4. The molecule has 1 aliphatic heterocycles. The molecule has 0 aliphatic carbocycles. The van der Waals surface area contributed by atoms with Crippen molar-refractivity contribution >= 4 is 33.5 Å². The first-order valence-electron chi connectivity index (χ1n) is 9.01. The maximum atomic E-state index is 12.5. The van der Waals surface area contributed by atoms with Gasteiger partial charge in [-0.1, -0.05) is 0 Å². The van der Waals surface area contributed by atoms with Gasteiger partial charge in [-0.25, -0.2) is 9.97 Å². The van der Waals surface area contributed by atoms with Crippen LogP contribution in [-0.2, 0) is 4.79 Å². The Morgan fingerprint density at radius 2 is 2.14 bits per heavy atom. The van der Waals surface area contributed by atoms with Gasteiger partial charge in [0.1, 0.15) is 12.2 Å². The second-order valence-electron chi connectivity index (χ2n) is 7.12. The number of nitrogens with zero attached hydrogens (tertiary/aromatic N) is 4. The summed E-state index contributed by atoms with van der Waals surface area (Å²) >= 11 is 0. The summed E-state index contributed by atoms with van der Waals surface area (Å²) in [6.45, 7) is 2.43. The fourth-order valence-electron chi connectivity index (χ4n) is 3.76. The molecule has 148 valence electrons. The molecule has 2 N–H and O–H groups in total. The van der Waals surface area contributed by atoms with Gasteiger partial charge in [0.25, 0.3) is 0 Å². The predicted octanol–water partition coefficient (Wildman–Crippen LogP) is 2.93. The number of fused-ring (bicyclic) bond motifs is 3. The minimum absolute atomic E-state index is 0.130. The molecule has 10 heteroatoms. The Morgan fingerprint density at radius 3 is 2.93 bits per heavy atom. The molecular weight excluding hydrogens is 373 g/mol. The summed E-state index contributed by atoms with van der Waals surface area (Å²) in [7, 11) is 0. The topological polar surface area (TPSA) is 86.8 Å². The highest BCUT2D eigenvalue weighted by Gasteiger charge is 2.34. The minimum atomic E-state index is -4.51. The van der Waals surface area contributed by atoms with Crippen molar-refractivity contribution in [3.63, 3.8) is 0 Å². The predicted molar refractivity (Wildman–Crippen MR) is 97.8 cm³/mol. The first kappa shape index (κ1) is 18.5. The van der Waals surface area contributed by atoms with Crippen molar-refractivity contribution in [3.05, 3.63) is 24.7 Å². The van der Waals surface area contributed by atoms with Gasteiger partial charge < -0.3 is 10.2 Å². The van der Waals surface area contributed by atoms with Gasteiger partial charge in [-0.2, -0.15) is 18.3 Å². The zero-order valence-electron chi connectivity index (χ0n) is 15.1. The van der Waals surface area contributed by atoms with Gasteiger partial charge in [-0.05, 0) is 25.8 Å². The van der Waals surface area contributed by atoms with E-state index in [1.165, 1.54) is 0 Å². The van der Waals surface area contributed by atoms with Crippen LogP contribution in [0.5, 0.6) is 0 Å². The van der Waals surface area contributed by atoms with Gasteiger partial charge in [0.15, 0.2) is 5.65 Å². The van der Waals surface area contributed by atoms with Crippen LogP contribution < -0.4 is 10.2 Å². The summed E-state index contributed by atoms with van der Waals surface area (Å²) in [4.78, 5) is 22.3. The van der Waals surface area contributed by atoms with Crippen molar-refractivity contribution in [3.8, 4) is 0 Å². The largest absolute Gasteiger partial charge is 0.397 e. The third-order valence-electron chi connectivity index (χ3n) is 5.07. The molecule has 3 aromatic heterocycles. The van der Waals surface area contributed by atoms with E-state index in [0.29, 0.717) is 18.6 Å². The highest BCUT2D eigenvalue weighted by Crippen LogP contribution is 2.33. The lowest BCUT2D eigenvalue weighted by Crippen LogP contribution is -2.52. The number of nitrogens with one attached hydrogen (secondary N) is 2. The Hall–Kier alpha value is -2.91. The molecule has 2 unspecified atom stereocenters. The van der Waals surface area contributed by atoms with E-state index in [2.05, 4.69) is 25.5 Å². The minimum Gasteiger partial charge on any atom is -0.352 e. The number of rotatable bonds is 3.